The predicted octanol–water partition coefficient (Wildman–Crippen LogP) is 1.23. The first-order valence-electron chi connectivity index (χ1n) is 7.31. The molecule has 0 saturated carbocycles. The average molecular weight is 308 g/mol. The number of hydrogen-bond acceptors (Lipinski definition) is 4. The molecule has 2 atom stereocenters. The van der Waals surface area contributed by atoms with E-state index in [1.54, 1.807) is 4.90 Å². The van der Waals surface area contributed by atoms with E-state index in [-0.39, 0.29) is 29.4 Å². The molecule has 21 heavy (non-hydrogen) atoms. The van der Waals surface area contributed by atoms with Crippen LogP contribution in [0.5, 0.6) is 0 Å². The fraction of sp³-hybridized carbons (Fsp3) is 0.533. The molecular formula is C15H20N2O3S. The zero-order chi connectivity index (χ0) is 15.0. The molecule has 5 nitrogen and oxygen atoms in total. The molecule has 3 rings (SSSR count). The van der Waals surface area contributed by atoms with Gasteiger partial charge in [0.1, 0.15) is 0 Å². The van der Waals surface area contributed by atoms with Crippen LogP contribution in [0.2, 0.25) is 0 Å². The Hall–Kier alpha value is -1.56. The van der Waals surface area contributed by atoms with E-state index >= 15 is 0 Å². The van der Waals surface area contributed by atoms with Crippen molar-refractivity contribution in [1.29, 1.82) is 0 Å². The molecule has 1 aromatic rings. The van der Waals surface area contributed by atoms with Crippen molar-refractivity contribution in [3.05, 3.63) is 29.8 Å². The first kappa shape index (κ1) is 14.4. The van der Waals surface area contributed by atoms with E-state index in [1.165, 1.54) is 0 Å². The number of fused-ring (bicyclic) bond motifs is 1. The van der Waals surface area contributed by atoms with Crippen molar-refractivity contribution in [1.82, 2.24) is 4.90 Å². The fourth-order valence-electron chi connectivity index (χ4n) is 3.25. The number of carbonyl (C=O) groups excluding carboxylic acids is 1. The summed E-state index contributed by atoms with van der Waals surface area (Å²) >= 11 is 0. The Morgan fingerprint density at radius 2 is 2.10 bits per heavy atom. The second-order valence-electron chi connectivity index (χ2n) is 5.85. The zero-order valence-electron chi connectivity index (χ0n) is 12.1. The van der Waals surface area contributed by atoms with Crippen molar-refractivity contribution in [2.75, 3.05) is 29.9 Å². The van der Waals surface area contributed by atoms with Crippen LogP contribution in [0.1, 0.15) is 24.8 Å². The van der Waals surface area contributed by atoms with Gasteiger partial charge in [-0.3, -0.25) is 4.79 Å². The zero-order valence-corrected chi connectivity index (χ0v) is 12.9. The van der Waals surface area contributed by atoms with Crippen LogP contribution in [-0.2, 0) is 14.6 Å². The largest absolute Gasteiger partial charge is 0.385 e. The van der Waals surface area contributed by atoms with E-state index in [4.69, 9.17) is 0 Å². The number of nitrogens with one attached hydrogen (secondary N) is 1. The van der Waals surface area contributed by atoms with Crippen LogP contribution in [0.4, 0.5) is 5.69 Å². The van der Waals surface area contributed by atoms with Gasteiger partial charge < -0.3 is 10.2 Å². The Labute approximate surface area is 125 Å². The lowest BCUT2D eigenvalue weighted by Gasteiger charge is -2.37. The Morgan fingerprint density at radius 3 is 2.86 bits per heavy atom. The quantitative estimate of drug-likeness (QED) is 0.847. The highest BCUT2D eigenvalue weighted by molar-refractivity contribution is 7.91. The molecule has 1 aromatic carbocycles. The minimum absolute atomic E-state index is 0.0614. The van der Waals surface area contributed by atoms with E-state index in [1.807, 2.05) is 31.2 Å². The molecule has 2 aliphatic heterocycles. The van der Waals surface area contributed by atoms with Gasteiger partial charge in [0.05, 0.1) is 17.4 Å². The number of amides is 1. The van der Waals surface area contributed by atoms with Crippen LogP contribution in [0, 0.1) is 0 Å². The molecule has 0 aliphatic carbocycles. The number of benzene rings is 1. The van der Waals surface area contributed by atoms with Gasteiger partial charge in [-0.2, -0.15) is 0 Å². The van der Waals surface area contributed by atoms with E-state index < -0.39 is 9.84 Å². The summed E-state index contributed by atoms with van der Waals surface area (Å²) in [6.07, 6.45) is 0.756. The number of sulfone groups is 1. The van der Waals surface area contributed by atoms with Crippen molar-refractivity contribution in [3.8, 4) is 0 Å². The minimum Gasteiger partial charge on any atom is -0.385 e. The second kappa shape index (κ2) is 5.33. The first-order chi connectivity index (χ1) is 9.98. The molecule has 0 bridgehead atoms. The molecule has 1 N–H and O–H groups in total. The van der Waals surface area contributed by atoms with Crippen molar-refractivity contribution in [2.45, 2.75) is 25.3 Å². The third-order valence-corrected chi connectivity index (χ3v) is 6.13. The monoisotopic (exact) mass is 308 g/mol. The third-order valence-electron chi connectivity index (χ3n) is 4.34. The van der Waals surface area contributed by atoms with E-state index in [0.29, 0.717) is 6.54 Å². The average Bonchev–Trinajstić information content (AvgIpc) is 2.45. The lowest BCUT2D eigenvalue weighted by atomic mass is 9.89. The highest BCUT2D eigenvalue weighted by Gasteiger charge is 2.36. The van der Waals surface area contributed by atoms with Gasteiger partial charge in [-0.05, 0) is 25.0 Å². The lowest BCUT2D eigenvalue weighted by molar-refractivity contribution is -0.134. The molecule has 2 unspecified atom stereocenters. The standard InChI is InChI=1S/C15H20N2O3S/c1-11-10-21(19,20)9-8-17(11)15(18)13-6-7-16-14-5-3-2-4-12(13)14/h2-5,11,13,16H,6-10H2,1H3. The summed E-state index contributed by atoms with van der Waals surface area (Å²) < 4.78 is 23.3. The molecule has 0 aromatic heterocycles. The summed E-state index contributed by atoms with van der Waals surface area (Å²) in [4.78, 5) is 14.6. The van der Waals surface area contributed by atoms with Crippen LogP contribution < -0.4 is 5.32 Å². The Morgan fingerprint density at radius 1 is 1.33 bits per heavy atom. The molecule has 6 heteroatoms. The molecule has 1 amide bonds. The van der Waals surface area contributed by atoms with Crippen molar-refractivity contribution in [2.24, 2.45) is 0 Å². The number of para-hydroxylation sites is 1. The Bertz CT molecular complexity index is 657. The first-order valence-corrected chi connectivity index (χ1v) is 9.14. The van der Waals surface area contributed by atoms with Gasteiger partial charge in [0.15, 0.2) is 9.84 Å². The maximum Gasteiger partial charge on any atom is 0.230 e. The summed E-state index contributed by atoms with van der Waals surface area (Å²) in [5, 5.41) is 3.31. The second-order valence-corrected chi connectivity index (χ2v) is 8.08. The van der Waals surface area contributed by atoms with E-state index in [0.717, 1.165) is 24.2 Å². The van der Waals surface area contributed by atoms with Crippen LogP contribution in [0.25, 0.3) is 0 Å². The number of hydrogen-bond donors (Lipinski definition) is 1. The van der Waals surface area contributed by atoms with Gasteiger partial charge in [0.2, 0.25) is 5.91 Å². The highest BCUT2D eigenvalue weighted by Crippen LogP contribution is 2.33. The summed E-state index contributed by atoms with van der Waals surface area (Å²) in [5.41, 5.74) is 2.04. The van der Waals surface area contributed by atoms with Crippen LogP contribution >= 0.6 is 0 Å². The molecular weight excluding hydrogens is 288 g/mol. The Balaban J connectivity index is 1.84. The van der Waals surface area contributed by atoms with Crippen LogP contribution in [-0.4, -0.2) is 49.9 Å². The molecule has 2 aliphatic rings. The number of rotatable bonds is 1. The smallest absolute Gasteiger partial charge is 0.230 e. The van der Waals surface area contributed by atoms with Crippen LogP contribution in [0.3, 0.4) is 0 Å². The van der Waals surface area contributed by atoms with Gasteiger partial charge in [0, 0.05) is 24.8 Å². The van der Waals surface area contributed by atoms with E-state index in [9.17, 15) is 13.2 Å². The normalized spacial score (nSPS) is 27.6. The number of carbonyl (C=O) groups is 1. The maximum atomic E-state index is 12.8. The predicted molar refractivity (Wildman–Crippen MR) is 82.1 cm³/mol. The van der Waals surface area contributed by atoms with Crippen molar-refractivity contribution < 1.29 is 13.2 Å². The van der Waals surface area contributed by atoms with Crippen molar-refractivity contribution >= 4 is 21.4 Å². The SMILES string of the molecule is CC1CS(=O)(=O)CCN1C(=O)C1CCNc2ccccc21. The third kappa shape index (κ3) is 2.77. The topological polar surface area (TPSA) is 66.5 Å². The highest BCUT2D eigenvalue weighted by atomic mass is 32.2. The van der Waals surface area contributed by atoms with Gasteiger partial charge in [-0.15, -0.1) is 0 Å². The van der Waals surface area contributed by atoms with Gasteiger partial charge in [-0.25, -0.2) is 8.42 Å². The molecule has 1 fully saturated rings. The summed E-state index contributed by atoms with van der Waals surface area (Å²) in [5.74, 6) is 0.0539. The summed E-state index contributed by atoms with van der Waals surface area (Å²) in [6, 6.07) is 7.62. The Kier molecular flexibility index (Phi) is 3.65. The molecule has 0 spiro atoms. The molecule has 2 heterocycles. The van der Waals surface area contributed by atoms with Gasteiger partial charge in [0.25, 0.3) is 0 Å². The van der Waals surface area contributed by atoms with Crippen molar-refractivity contribution in [3.63, 3.8) is 0 Å². The number of anilines is 1. The molecule has 114 valence electrons. The van der Waals surface area contributed by atoms with Gasteiger partial charge in [-0.1, -0.05) is 18.2 Å². The molecule has 0 radical (unpaired) electrons. The summed E-state index contributed by atoms with van der Waals surface area (Å²) in [7, 11) is -3.00. The van der Waals surface area contributed by atoms with E-state index in [2.05, 4.69) is 5.32 Å². The molecule has 1 saturated heterocycles. The number of nitrogens with zero attached hydrogens (tertiary/aromatic N) is 1. The van der Waals surface area contributed by atoms with Gasteiger partial charge >= 0.3 is 0 Å². The minimum atomic E-state index is -3.00. The fourth-order valence-corrected chi connectivity index (χ4v) is 4.81. The summed E-state index contributed by atoms with van der Waals surface area (Å²) in [6.45, 7) is 2.91. The maximum absolute atomic E-state index is 12.8. The lowest BCUT2D eigenvalue weighted by Crippen LogP contribution is -2.51. The van der Waals surface area contributed by atoms with Crippen LogP contribution in [0.15, 0.2) is 24.3 Å².